The number of aryl methyl sites for hydroxylation is 1. The fourth-order valence-corrected chi connectivity index (χ4v) is 4.51. The third-order valence-electron chi connectivity index (χ3n) is 5.45. The molecule has 2 aromatic rings. The molecule has 3 rings (SSSR count). The van der Waals surface area contributed by atoms with Gasteiger partial charge >= 0.3 is 5.51 Å². The van der Waals surface area contributed by atoms with Crippen molar-refractivity contribution in [3.63, 3.8) is 0 Å². The summed E-state index contributed by atoms with van der Waals surface area (Å²) in [5, 5.41) is 0. The van der Waals surface area contributed by atoms with Crippen LogP contribution in [0.2, 0.25) is 0 Å². The van der Waals surface area contributed by atoms with Crippen LogP contribution in [0.1, 0.15) is 69.5 Å². The molecule has 0 unspecified atom stereocenters. The summed E-state index contributed by atoms with van der Waals surface area (Å²) in [6.07, 6.45) is 16.9. The number of aromatic nitrogens is 1. The van der Waals surface area contributed by atoms with Gasteiger partial charge in [0.05, 0.1) is 5.69 Å². The summed E-state index contributed by atoms with van der Waals surface area (Å²) < 4.78 is 32.2. The molecular formula is C27H39F3N2S2. The van der Waals surface area contributed by atoms with Gasteiger partial charge in [-0.05, 0) is 61.6 Å². The number of allylic oxidation sites excluding steroid dienone is 1. The lowest BCUT2D eigenvalue weighted by atomic mass is 10.1. The number of hydrogen-bond donors (Lipinski definition) is 1. The van der Waals surface area contributed by atoms with Crippen LogP contribution in [-0.4, -0.2) is 16.7 Å². The minimum Gasteiger partial charge on any atom is -0.399 e. The van der Waals surface area contributed by atoms with Crippen LogP contribution in [0.4, 0.5) is 18.9 Å². The highest BCUT2D eigenvalue weighted by Crippen LogP contribution is 2.28. The molecule has 0 amide bonds. The van der Waals surface area contributed by atoms with E-state index < -0.39 is 5.51 Å². The van der Waals surface area contributed by atoms with Crippen LogP contribution in [0.15, 0.2) is 60.1 Å². The van der Waals surface area contributed by atoms with E-state index in [0.717, 1.165) is 29.3 Å². The fraction of sp³-hybridized carbons (Fsp3) is 0.519. The highest BCUT2D eigenvalue weighted by molar-refractivity contribution is 7.99. The van der Waals surface area contributed by atoms with E-state index in [2.05, 4.69) is 48.8 Å². The normalized spacial score (nSPS) is 13.4. The second-order valence-electron chi connectivity index (χ2n) is 8.22. The Kier molecular flexibility index (Phi) is 15.9. The number of unbranched alkanes of at least 4 members (excludes halogenated alkanes) is 3. The van der Waals surface area contributed by atoms with Crippen LogP contribution in [-0.2, 0) is 12.2 Å². The van der Waals surface area contributed by atoms with E-state index in [1.165, 1.54) is 68.2 Å². The molecule has 0 radical (unpaired) electrons. The van der Waals surface area contributed by atoms with Crippen LogP contribution >= 0.6 is 23.5 Å². The molecule has 190 valence electrons. The zero-order chi connectivity index (χ0) is 25.2. The predicted octanol–water partition coefficient (Wildman–Crippen LogP) is 9.31. The molecule has 1 fully saturated rings. The molecule has 0 saturated heterocycles. The van der Waals surface area contributed by atoms with Gasteiger partial charge < -0.3 is 5.73 Å². The molecule has 1 saturated carbocycles. The number of alkyl halides is 3. The van der Waals surface area contributed by atoms with E-state index in [0.29, 0.717) is 0 Å². The first-order valence-corrected chi connectivity index (χ1v) is 14.2. The molecule has 0 atom stereocenters. The summed E-state index contributed by atoms with van der Waals surface area (Å²) in [5.41, 5.74) is 5.05. The van der Waals surface area contributed by atoms with Gasteiger partial charge in [-0.15, -0.1) is 18.3 Å². The number of nitrogens with zero attached hydrogens (tertiary/aromatic N) is 1. The van der Waals surface area contributed by atoms with E-state index in [9.17, 15) is 13.2 Å². The molecule has 2 nitrogen and oxygen atoms in total. The summed E-state index contributed by atoms with van der Waals surface area (Å²) >= 11 is 1.74. The fourth-order valence-electron chi connectivity index (χ4n) is 3.51. The van der Waals surface area contributed by atoms with Gasteiger partial charge in [-0.2, -0.15) is 13.2 Å². The zero-order valence-electron chi connectivity index (χ0n) is 20.4. The van der Waals surface area contributed by atoms with Crippen LogP contribution in [0.25, 0.3) is 0 Å². The number of pyridine rings is 1. The van der Waals surface area contributed by atoms with Crippen molar-refractivity contribution in [2.24, 2.45) is 5.92 Å². The quantitative estimate of drug-likeness (QED) is 0.206. The lowest BCUT2D eigenvalue weighted by Gasteiger charge is -2.09. The van der Waals surface area contributed by atoms with Crippen molar-refractivity contribution >= 4 is 29.2 Å². The molecule has 2 N–H and O–H groups in total. The maximum absolute atomic E-state index is 10.7. The van der Waals surface area contributed by atoms with Crippen LogP contribution in [0.3, 0.4) is 0 Å². The summed E-state index contributed by atoms with van der Waals surface area (Å²) in [6, 6.07) is 12.5. The second-order valence-corrected chi connectivity index (χ2v) is 10.1. The Bertz CT molecular complexity index is 806. The Morgan fingerprint density at radius 1 is 1.12 bits per heavy atom. The summed E-state index contributed by atoms with van der Waals surface area (Å²) in [6.45, 7) is 6.00. The minimum atomic E-state index is -4.04. The first-order chi connectivity index (χ1) is 16.3. The van der Waals surface area contributed by atoms with Crippen LogP contribution in [0, 0.1) is 5.92 Å². The average molecular weight is 513 g/mol. The molecule has 0 aliphatic heterocycles. The van der Waals surface area contributed by atoms with Crippen molar-refractivity contribution < 1.29 is 13.2 Å². The van der Waals surface area contributed by atoms with Crippen LogP contribution < -0.4 is 5.73 Å². The van der Waals surface area contributed by atoms with Gasteiger partial charge in [0.2, 0.25) is 0 Å². The van der Waals surface area contributed by atoms with Gasteiger partial charge in [-0.25, -0.2) is 0 Å². The molecule has 7 heteroatoms. The average Bonchev–Trinajstić information content (AvgIpc) is 3.36. The highest BCUT2D eigenvalue weighted by atomic mass is 32.2. The third-order valence-corrected chi connectivity index (χ3v) is 7.07. The second kappa shape index (κ2) is 17.8. The summed E-state index contributed by atoms with van der Waals surface area (Å²) in [4.78, 5) is 5.74. The third kappa shape index (κ3) is 14.6. The van der Waals surface area contributed by atoms with Crippen molar-refractivity contribution in [3.05, 3.63) is 66.5 Å². The Morgan fingerprint density at radius 3 is 2.35 bits per heavy atom. The highest BCUT2D eigenvalue weighted by Gasteiger charge is 2.24. The Morgan fingerprint density at radius 2 is 1.79 bits per heavy atom. The summed E-state index contributed by atoms with van der Waals surface area (Å²) in [5.74, 6) is 1.73. The number of halogens is 3. The number of benzene rings is 1. The minimum absolute atomic E-state index is 0.118. The van der Waals surface area contributed by atoms with Gasteiger partial charge in [-0.3, -0.25) is 4.98 Å². The SMILES string of the molecule is C=CC1CCCC1.CCCCCCc1ccccc1SCc1cc(N)ccn1.CSC(F)(F)F. The number of nitrogen functional groups attached to an aromatic ring is 1. The maximum atomic E-state index is 10.7. The largest absolute Gasteiger partial charge is 0.441 e. The van der Waals surface area contributed by atoms with E-state index in [-0.39, 0.29) is 11.8 Å². The number of nitrogens with two attached hydrogens (primary N) is 1. The van der Waals surface area contributed by atoms with Crippen molar-refractivity contribution in [2.45, 2.75) is 80.9 Å². The van der Waals surface area contributed by atoms with E-state index >= 15 is 0 Å². The van der Waals surface area contributed by atoms with Crippen molar-refractivity contribution in [2.75, 3.05) is 12.0 Å². The van der Waals surface area contributed by atoms with Gasteiger partial charge in [0.15, 0.2) is 0 Å². The van der Waals surface area contributed by atoms with Crippen molar-refractivity contribution in [1.82, 2.24) is 4.98 Å². The molecule has 1 aliphatic rings. The van der Waals surface area contributed by atoms with Crippen LogP contribution in [0.5, 0.6) is 0 Å². The zero-order valence-corrected chi connectivity index (χ0v) is 22.1. The molecule has 1 aliphatic carbocycles. The van der Waals surface area contributed by atoms with E-state index in [1.54, 1.807) is 6.20 Å². The first kappa shape index (κ1) is 30.4. The van der Waals surface area contributed by atoms with Gasteiger partial charge in [-0.1, -0.05) is 75.1 Å². The topological polar surface area (TPSA) is 38.9 Å². The maximum Gasteiger partial charge on any atom is 0.441 e. The van der Waals surface area contributed by atoms with Gasteiger partial charge in [0.1, 0.15) is 0 Å². The van der Waals surface area contributed by atoms with Gasteiger partial charge in [0.25, 0.3) is 0 Å². The number of hydrogen-bond acceptors (Lipinski definition) is 4. The first-order valence-electron chi connectivity index (χ1n) is 11.9. The standard InChI is InChI=1S/C18H24N2S.C7H12.C2H3F3S/c1-2-3-4-5-8-15-9-6-7-10-18(15)21-14-17-13-16(19)11-12-20-17;1-2-7-5-3-4-6-7;1-6-2(3,4)5/h6-7,9-13H,2-5,8,14H2,1H3,(H2,19,20);2,7H,1,3-6H2;1H3. The summed E-state index contributed by atoms with van der Waals surface area (Å²) in [7, 11) is 0. The Balaban J connectivity index is 0.000000362. The lowest BCUT2D eigenvalue weighted by Crippen LogP contribution is -1.96. The van der Waals surface area contributed by atoms with Crippen molar-refractivity contribution in [3.8, 4) is 0 Å². The molecule has 1 aromatic heterocycles. The smallest absolute Gasteiger partial charge is 0.399 e. The lowest BCUT2D eigenvalue weighted by molar-refractivity contribution is -0.0323. The van der Waals surface area contributed by atoms with Gasteiger partial charge in [0, 0.05) is 22.5 Å². The molecule has 0 bridgehead atoms. The monoisotopic (exact) mass is 512 g/mol. The Hall–Kier alpha value is -1.60. The van der Waals surface area contributed by atoms with E-state index in [1.807, 2.05) is 23.9 Å². The molecule has 1 heterocycles. The number of anilines is 1. The molecule has 34 heavy (non-hydrogen) atoms. The van der Waals surface area contributed by atoms with Crippen molar-refractivity contribution in [1.29, 1.82) is 0 Å². The Labute approximate surface area is 212 Å². The van der Waals surface area contributed by atoms with E-state index in [4.69, 9.17) is 5.73 Å². The number of thioether (sulfide) groups is 2. The number of rotatable bonds is 9. The molecule has 1 aromatic carbocycles. The molecule has 0 spiro atoms. The predicted molar refractivity (Wildman–Crippen MR) is 144 cm³/mol. The molecular weight excluding hydrogens is 473 g/mol.